The number of carbonyl (C=O) groups excluding carboxylic acids is 3. The molecule has 3 fully saturated rings. The highest BCUT2D eigenvalue weighted by atomic mass is 16.5. The molecule has 1 heterocycles. The average Bonchev–Trinajstić information content (AvgIpc) is 2.82. The van der Waals surface area contributed by atoms with Crippen LogP contribution in [0, 0.1) is 17.8 Å². The fourth-order valence-corrected chi connectivity index (χ4v) is 4.15. The SMILES string of the molecule is C=C(C)C(=O)OCC(=O)N1C(=O)C2CC3CC(O)CC3CC21. The molecular formula is C16H21NO5. The van der Waals surface area contributed by atoms with Gasteiger partial charge in [0.15, 0.2) is 6.61 Å². The second-order valence-corrected chi connectivity index (χ2v) is 6.75. The molecule has 5 atom stereocenters. The largest absolute Gasteiger partial charge is 0.452 e. The molecule has 0 spiro atoms. The van der Waals surface area contributed by atoms with E-state index in [4.69, 9.17) is 4.74 Å². The van der Waals surface area contributed by atoms with Gasteiger partial charge in [0.2, 0.25) is 5.91 Å². The van der Waals surface area contributed by atoms with Gasteiger partial charge in [0, 0.05) is 5.57 Å². The Morgan fingerprint density at radius 2 is 1.91 bits per heavy atom. The quantitative estimate of drug-likeness (QED) is 0.470. The van der Waals surface area contributed by atoms with E-state index in [0.717, 1.165) is 25.7 Å². The summed E-state index contributed by atoms with van der Waals surface area (Å²) in [5, 5.41) is 9.76. The van der Waals surface area contributed by atoms with E-state index in [-0.39, 0.29) is 29.5 Å². The summed E-state index contributed by atoms with van der Waals surface area (Å²) < 4.78 is 4.83. The van der Waals surface area contributed by atoms with Crippen molar-refractivity contribution < 1.29 is 24.2 Å². The van der Waals surface area contributed by atoms with E-state index in [1.807, 2.05) is 0 Å². The zero-order chi connectivity index (χ0) is 16.0. The predicted molar refractivity (Wildman–Crippen MR) is 76.4 cm³/mol. The van der Waals surface area contributed by atoms with E-state index in [1.54, 1.807) is 0 Å². The van der Waals surface area contributed by atoms with Crippen LogP contribution in [0.4, 0.5) is 0 Å². The van der Waals surface area contributed by atoms with Crippen LogP contribution >= 0.6 is 0 Å². The maximum atomic E-state index is 12.2. The number of amides is 2. The number of esters is 1. The Kier molecular flexibility index (Phi) is 3.80. The van der Waals surface area contributed by atoms with Gasteiger partial charge in [-0.1, -0.05) is 6.58 Å². The fourth-order valence-electron chi connectivity index (χ4n) is 4.15. The first-order valence-corrected chi connectivity index (χ1v) is 7.75. The second-order valence-electron chi connectivity index (χ2n) is 6.75. The number of aliphatic hydroxyl groups excluding tert-OH is 1. The minimum atomic E-state index is -0.625. The number of aliphatic hydroxyl groups is 1. The summed E-state index contributed by atoms with van der Waals surface area (Å²) in [6, 6.07) is -0.0879. The normalized spacial score (nSPS) is 36.2. The molecule has 6 nitrogen and oxygen atoms in total. The van der Waals surface area contributed by atoms with Crippen LogP contribution in [0.1, 0.15) is 32.6 Å². The third-order valence-corrected chi connectivity index (χ3v) is 5.21. The first-order chi connectivity index (χ1) is 10.4. The third kappa shape index (κ3) is 2.45. The van der Waals surface area contributed by atoms with E-state index in [0.29, 0.717) is 11.8 Å². The Balaban J connectivity index is 1.59. The van der Waals surface area contributed by atoms with Gasteiger partial charge in [0.05, 0.1) is 18.1 Å². The van der Waals surface area contributed by atoms with Crippen molar-refractivity contribution >= 4 is 17.8 Å². The number of carbonyl (C=O) groups is 3. The maximum Gasteiger partial charge on any atom is 0.333 e. The lowest BCUT2D eigenvalue weighted by molar-refractivity contribution is -0.175. The number of hydrogen-bond donors (Lipinski definition) is 1. The molecule has 1 aliphatic heterocycles. The van der Waals surface area contributed by atoms with Crippen molar-refractivity contribution in [2.24, 2.45) is 17.8 Å². The fraction of sp³-hybridized carbons (Fsp3) is 0.688. The monoisotopic (exact) mass is 307 g/mol. The number of nitrogens with zero attached hydrogens (tertiary/aromatic N) is 1. The number of likely N-dealkylation sites (tertiary alicyclic amines) is 1. The van der Waals surface area contributed by atoms with Crippen LogP contribution in [-0.4, -0.2) is 46.5 Å². The van der Waals surface area contributed by atoms with E-state index < -0.39 is 18.5 Å². The zero-order valence-corrected chi connectivity index (χ0v) is 12.7. The summed E-state index contributed by atoms with van der Waals surface area (Å²) >= 11 is 0. The molecule has 3 rings (SSSR count). The standard InChI is InChI=1S/C16H21NO5/c1-8(2)16(21)22-7-14(19)17-13-6-10-4-11(18)3-9(10)5-12(13)15(17)20/h9-13,18H,1,3-7H2,2H3. The summed E-state index contributed by atoms with van der Waals surface area (Å²) in [5.74, 6) is -0.566. The van der Waals surface area contributed by atoms with Gasteiger partial charge < -0.3 is 9.84 Å². The highest BCUT2D eigenvalue weighted by Gasteiger charge is 2.56. The van der Waals surface area contributed by atoms with Gasteiger partial charge in [0.1, 0.15) is 0 Å². The minimum absolute atomic E-state index is 0.0879. The van der Waals surface area contributed by atoms with Crippen molar-refractivity contribution in [2.75, 3.05) is 6.61 Å². The molecule has 2 aliphatic carbocycles. The molecule has 5 unspecified atom stereocenters. The molecule has 2 saturated carbocycles. The molecular weight excluding hydrogens is 286 g/mol. The number of imide groups is 1. The third-order valence-electron chi connectivity index (χ3n) is 5.21. The molecule has 6 heteroatoms. The van der Waals surface area contributed by atoms with Crippen molar-refractivity contribution in [1.29, 1.82) is 0 Å². The molecule has 120 valence electrons. The van der Waals surface area contributed by atoms with Crippen LogP contribution in [0.5, 0.6) is 0 Å². The Hall–Kier alpha value is -1.69. The molecule has 0 aromatic rings. The lowest BCUT2D eigenvalue weighted by Crippen LogP contribution is -2.66. The van der Waals surface area contributed by atoms with Crippen LogP contribution < -0.4 is 0 Å². The summed E-state index contributed by atoms with van der Waals surface area (Å²) in [6.07, 6.45) is 2.78. The molecule has 0 aromatic heterocycles. The number of ether oxygens (including phenoxy) is 1. The van der Waals surface area contributed by atoms with Crippen molar-refractivity contribution in [2.45, 2.75) is 44.8 Å². The summed E-state index contributed by atoms with van der Waals surface area (Å²) in [4.78, 5) is 36.9. The van der Waals surface area contributed by atoms with Gasteiger partial charge in [-0.3, -0.25) is 14.5 Å². The first kappa shape index (κ1) is 15.2. The number of rotatable bonds is 3. The topological polar surface area (TPSA) is 83.9 Å². The van der Waals surface area contributed by atoms with Gasteiger partial charge in [-0.25, -0.2) is 4.79 Å². The number of fused-ring (bicyclic) bond motifs is 2. The van der Waals surface area contributed by atoms with Crippen LogP contribution in [0.25, 0.3) is 0 Å². The lowest BCUT2D eigenvalue weighted by atomic mass is 9.67. The molecule has 2 amide bonds. The Labute approximate surface area is 129 Å². The molecule has 3 aliphatic rings. The lowest BCUT2D eigenvalue weighted by Gasteiger charge is -2.51. The van der Waals surface area contributed by atoms with Crippen molar-refractivity contribution in [3.63, 3.8) is 0 Å². The van der Waals surface area contributed by atoms with Crippen molar-refractivity contribution in [3.8, 4) is 0 Å². The average molecular weight is 307 g/mol. The number of β-lactam (4-membered cyclic amide) rings is 1. The molecule has 1 N–H and O–H groups in total. The minimum Gasteiger partial charge on any atom is -0.452 e. The van der Waals surface area contributed by atoms with E-state index in [9.17, 15) is 19.5 Å². The highest BCUT2D eigenvalue weighted by molar-refractivity contribution is 6.03. The van der Waals surface area contributed by atoms with Gasteiger partial charge in [-0.2, -0.15) is 0 Å². The number of hydrogen-bond acceptors (Lipinski definition) is 5. The molecule has 22 heavy (non-hydrogen) atoms. The molecule has 1 saturated heterocycles. The van der Waals surface area contributed by atoms with Crippen LogP contribution in [0.2, 0.25) is 0 Å². The van der Waals surface area contributed by atoms with Gasteiger partial charge in [-0.15, -0.1) is 0 Å². The van der Waals surface area contributed by atoms with E-state index in [2.05, 4.69) is 6.58 Å². The van der Waals surface area contributed by atoms with Crippen molar-refractivity contribution in [3.05, 3.63) is 12.2 Å². The van der Waals surface area contributed by atoms with Crippen molar-refractivity contribution in [1.82, 2.24) is 4.90 Å². The second kappa shape index (κ2) is 5.50. The summed E-state index contributed by atoms with van der Waals surface area (Å²) in [7, 11) is 0. The van der Waals surface area contributed by atoms with Gasteiger partial charge in [-0.05, 0) is 44.4 Å². The van der Waals surface area contributed by atoms with Gasteiger partial charge >= 0.3 is 5.97 Å². The first-order valence-electron chi connectivity index (χ1n) is 7.75. The van der Waals surface area contributed by atoms with Gasteiger partial charge in [0.25, 0.3) is 5.91 Å². The Morgan fingerprint density at radius 3 is 2.55 bits per heavy atom. The molecule has 0 bridgehead atoms. The maximum absolute atomic E-state index is 12.2. The summed E-state index contributed by atoms with van der Waals surface area (Å²) in [6.45, 7) is 4.53. The summed E-state index contributed by atoms with van der Waals surface area (Å²) in [5.41, 5.74) is 0.223. The van der Waals surface area contributed by atoms with Crippen LogP contribution in [-0.2, 0) is 19.1 Å². The predicted octanol–water partition coefficient (Wildman–Crippen LogP) is 0.640. The molecule has 0 radical (unpaired) electrons. The van der Waals surface area contributed by atoms with Crippen LogP contribution in [0.15, 0.2) is 12.2 Å². The Bertz CT molecular complexity index is 543. The highest BCUT2D eigenvalue weighted by Crippen LogP contribution is 2.50. The smallest absolute Gasteiger partial charge is 0.333 e. The van der Waals surface area contributed by atoms with E-state index in [1.165, 1.54) is 11.8 Å². The van der Waals surface area contributed by atoms with E-state index >= 15 is 0 Å². The molecule has 0 aromatic carbocycles. The van der Waals surface area contributed by atoms with Crippen LogP contribution in [0.3, 0.4) is 0 Å². The zero-order valence-electron chi connectivity index (χ0n) is 12.7. The Morgan fingerprint density at radius 1 is 1.27 bits per heavy atom.